The molecule has 1 amide bonds. The molecule has 15 heavy (non-hydrogen) atoms. The molecule has 0 radical (unpaired) electrons. The zero-order valence-electron chi connectivity index (χ0n) is 10.1. The highest BCUT2D eigenvalue weighted by Crippen LogP contribution is 2.28. The molecular weight excluding hydrogens is 192 g/mol. The minimum atomic E-state index is -0.800. The van der Waals surface area contributed by atoms with Gasteiger partial charge in [-0.05, 0) is 25.3 Å². The standard InChI is InChI=1S/C11H22N2O2/c1-8-9(11(2,3)4)13(10(14)15)7-5-6-12-8/h8-9,12H,5-7H2,1-4H3,(H,14,15). The SMILES string of the molecule is CC1NCCCN(C(=O)O)C1C(C)(C)C. The van der Waals surface area contributed by atoms with Crippen molar-refractivity contribution in [2.75, 3.05) is 13.1 Å². The fourth-order valence-corrected chi connectivity index (χ4v) is 2.53. The van der Waals surface area contributed by atoms with Crippen LogP contribution in [-0.2, 0) is 0 Å². The van der Waals surface area contributed by atoms with E-state index in [2.05, 4.69) is 33.0 Å². The molecule has 0 saturated carbocycles. The van der Waals surface area contributed by atoms with Gasteiger partial charge in [-0.2, -0.15) is 0 Å². The molecule has 0 aromatic rings. The zero-order chi connectivity index (χ0) is 11.6. The molecule has 1 heterocycles. The van der Waals surface area contributed by atoms with Crippen molar-refractivity contribution in [3.63, 3.8) is 0 Å². The minimum Gasteiger partial charge on any atom is -0.465 e. The largest absolute Gasteiger partial charge is 0.465 e. The summed E-state index contributed by atoms with van der Waals surface area (Å²) in [7, 11) is 0. The van der Waals surface area contributed by atoms with E-state index in [4.69, 9.17) is 0 Å². The van der Waals surface area contributed by atoms with E-state index in [9.17, 15) is 9.90 Å². The van der Waals surface area contributed by atoms with Crippen molar-refractivity contribution in [1.82, 2.24) is 10.2 Å². The second-order valence-electron chi connectivity index (χ2n) is 5.38. The maximum atomic E-state index is 11.2. The van der Waals surface area contributed by atoms with Crippen molar-refractivity contribution in [2.24, 2.45) is 5.41 Å². The molecule has 1 saturated heterocycles. The Bertz CT molecular complexity index is 235. The van der Waals surface area contributed by atoms with Gasteiger partial charge in [-0.15, -0.1) is 0 Å². The third kappa shape index (κ3) is 2.84. The Balaban J connectivity index is 2.94. The first-order chi connectivity index (χ1) is 6.84. The number of hydrogen-bond donors (Lipinski definition) is 2. The smallest absolute Gasteiger partial charge is 0.407 e. The molecule has 88 valence electrons. The van der Waals surface area contributed by atoms with Crippen molar-refractivity contribution in [1.29, 1.82) is 0 Å². The van der Waals surface area contributed by atoms with Crippen LogP contribution < -0.4 is 5.32 Å². The number of rotatable bonds is 0. The fourth-order valence-electron chi connectivity index (χ4n) is 2.53. The molecule has 1 aliphatic rings. The average molecular weight is 214 g/mol. The van der Waals surface area contributed by atoms with Crippen LogP contribution in [-0.4, -0.2) is 41.3 Å². The number of carbonyl (C=O) groups is 1. The molecule has 0 spiro atoms. The van der Waals surface area contributed by atoms with Crippen molar-refractivity contribution in [2.45, 2.75) is 46.2 Å². The van der Waals surface area contributed by atoms with E-state index < -0.39 is 6.09 Å². The van der Waals surface area contributed by atoms with Crippen LogP contribution in [0.15, 0.2) is 0 Å². The third-order valence-electron chi connectivity index (χ3n) is 2.98. The lowest BCUT2D eigenvalue weighted by atomic mass is 9.82. The summed E-state index contributed by atoms with van der Waals surface area (Å²) in [5, 5.41) is 12.6. The molecule has 0 bridgehead atoms. The van der Waals surface area contributed by atoms with Crippen LogP contribution in [0.3, 0.4) is 0 Å². The number of hydrogen-bond acceptors (Lipinski definition) is 2. The van der Waals surface area contributed by atoms with Gasteiger partial charge in [-0.3, -0.25) is 0 Å². The van der Waals surface area contributed by atoms with E-state index in [0.29, 0.717) is 6.54 Å². The Labute approximate surface area is 91.6 Å². The zero-order valence-corrected chi connectivity index (χ0v) is 10.1. The van der Waals surface area contributed by atoms with E-state index in [1.807, 2.05) is 0 Å². The van der Waals surface area contributed by atoms with Gasteiger partial charge in [0, 0.05) is 12.6 Å². The fraction of sp³-hybridized carbons (Fsp3) is 0.909. The summed E-state index contributed by atoms with van der Waals surface area (Å²) in [6.45, 7) is 9.88. The van der Waals surface area contributed by atoms with E-state index in [1.54, 1.807) is 4.90 Å². The average Bonchev–Trinajstić information content (AvgIpc) is 2.24. The van der Waals surface area contributed by atoms with Crippen LogP contribution in [0.4, 0.5) is 4.79 Å². The summed E-state index contributed by atoms with van der Waals surface area (Å²) in [6.07, 6.45) is 0.0916. The Morgan fingerprint density at radius 2 is 2.07 bits per heavy atom. The number of nitrogens with zero attached hydrogens (tertiary/aromatic N) is 1. The second-order valence-corrected chi connectivity index (χ2v) is 5.38. The summed E-state index contributed by atoms with van der Waals surface area (Å²) in [5.41, 5.74) is -0.0326. The van der Waals surface area contributed by atoms with Crippen LogP contribution in [0.5, 0.6) is 0 Å². The highest BCUT2D eigenvalue weighted by Gasteiger charge is 2.38. The van der Waals surface area contributed by atoms with E-state index in [-0.39, 0.29) is 17.5 Å². The van der Waals surface area contributed by atoms with Gasteiger partial charge in [0.1, 0.15) is 0 Å². The molecule has 0 aliphatic carbocycles. The summed E-state index contributed by atoms with van der Waals surface area (Å²) in [4.78, 5) is 12.8. The lowest BCUT2D eigenvalue weighted by Gasteiger charge is -2.40. The molecule has 0 aromatic carbocycles. The first-order valence-corrected chi connectivity index (χ1v) is 5.57. The predicted octanol–water partition coefficient (Wildman–Crippen LogP) is 1.76. The molecule has 1 aliphatic heterocycles. The quantitative estimate of drug-likeness (QED) is 0.646. The van der Waals surface area contributed by atoms with Crippen LogP contribution in [0.25, 0.3) is 0 Å². The summed E-state index contributed by atoms with van der Waals surface area (Å²) >= 11 is 0. The predicted molar refractivity (Wildman–Crippen MR) is 60.1 cm³/mol. The van der Waals surface area contributed by atoms with Gasteiger partial charge < -0.3 is 15.3 Å². The lowest BCUT2D eigenvalue weighted by molar-refractivity contribution is 0.0738. The van der Waals surface area contributed by atoms with Gasteiger partial charge >= 0.3 is 6.09 Å². The van der Waals surface area contributed by atoms with Crippen LogP contribution in [0.2, 0.25) is 0 Å². The first-order valence-electron chi connectivity index (χ1n) is 5.57. The van der Waals surface area contributed by atoms with E-state index >= 15 is 0 Å². The molecule has 1 rings (SSSR count). The summed E-state index contributed by atoms with van der Waals surface area (Å²) in [5.74, 6) is 0. The normalized spacial score (nSPS) is 28.7. The topological polar surface area (TPSA) is 52.6 Å². The lowest BCUT2D eigenvalue weighted by Crippen LogP contribution is -2.54. The molecule has 2 unspecified atom stereocenters. The summed E-state index contributed by atoms with van der Waals surface area (Å²) < 4.78 is 0. The molecule has 0 aromatic heterocycles. The van der Waals surface area contributed by atoms with Crippen molar-refractivity contribution >= 4 is 6.09 Å². The Morgan fingerprint density at radius 1 is 1.47 bits per heavy atom. The van der Waals surface area contributed by atoms with Crippen LogP contribution >= 0.6 is 0 Å². The van der Waals surface area contributed by atoms with Crippen molar-refractivity contribution < 1.29 is 9.90 Å². The van der Waals surface area contributed by atoms with Crippen LogP contribution in [0, 0.1) is 5.41 Å². The maximum Gasteiger partial charge on any atom is 0.407 e. The minimum absolute atomic E-state index is 0.0326. The first kappa shape index (κ1) is 12.3. The van der Waals surface area contributed by atoms with Gasteiger partial charge in [0.25, 0.3) is 0 Å². The molecular formula is C11H22N2O2. The van der Waals surface area contributed by atoms with Crippen molar-refractivity contribution in [3.05, 3.63) is 0 Å². The van der Waals surface area contributed by atoms with Crippen LogP contribution in [0.1, 0.15) is 34.1 Å². The van der Waals surface area contributed by atoms with Gasteiger partial charge in [0.05, 0.1) is 6.04 Å². The molecule has 2 N–H and O–H groups in total. The van der Waals surface area contributed by atoms with Gasteiger partial charge in [0.15, 0.2) is 0 Å². The molecule has 1 fully saturated rings. The Kier molecular flexibility index (Phi) is 3.60. The van der Waals surface area contributed by atoms with E-state index in [0.717, 1.165) is 13.0 Å². The van der Waals surface area contributed by atoms with Gasteiger partial charge in [-0.1, -0.05) is 20.8 Å². The van der Waals surface area contributed by atoms with Gasteiger partial charge in [0.2, 0.25) is 0 Å². The molecule has 4 heteroatoms. The highest BCUT2D eigenvalue weighted by molar-refractivity contribution is 5.65. The number of amides is 1. The number of nitrogens with one attached hydrogen (secondary N) is 1. The summed E-state index contributed by atoms with van der Waals surface area (Å²) in [6, 6.07) is 0.251. The van der Waals surface area contributed by atoms with E-state index in [1.165, 1.54) is 0 Å². The number of carboxylic acid groups (broad SMARTS) is 1. The highest BCUT2D eigenvalue weighted by atomic mass is 16.4. The van der Waals surface area contributed by atoms with Gasteiger partial charge in [-0.25, -0.2) is 4.79 Å². The monoisotopic (exact) mass is 214 g/mol. The Morgan fingerprint density at radius 3 is 2.53 bits per heavy atom. The second kappa shape index (κ2) is 4.39. The maximum absolute atomic E-state index is 11.2. The molecule has 4 nitrogen and oxygen atoms in total. The van der Waals surface area contributed by atoms with Crippen molar-refractivity contribution in [3.8, 4) is 0 Å². The molecule has 2 atom stereocenters. The third-order valence-corrected chi connectivity index (χ3v) is 2.98. The Hall–Kier alpha value is -0.770.